The fraction of sp³-hybridized carbons (Fsp3) is 0.450. The van der Waals surface area contributed by atoms with Gasteiger partial charge in [0, 0.05) is 30.1 Å². The Hall–Kier alpha value is -2.63. The van der Waals surface area contributed by atoms with Gasteiger partial charge >= 0.3 is 5.97 Å². The van der Waals surface area contributed by atoms with Gasteiger partial charge in [0.2, 0.25) is 0 Å². The molecule has 1 aliphatic carbocycles. The van der Waals surface area contributed by atoms with Gasteiger partial charge in [0.1, 0.15) is 5.75 Å². The Balaban J connectivity index is 1.69. The summed E-state index contributed by atoms with van der Waals surface area (Å²) in [6.45, 7) is 0.949. The van der Waals surface area contributed by atoms with Crippen LogP contribution in [-0.4, -0.2) is 47.1 Å². The third kappa shape index (κ3) is 3.11. The number of aliphatic carboxylic acids is 1. The number of piperidine rings is 1. The lowest BCUT2D eigenvalue weighted by molar-refractivity contribution is -0.143. The monoisotopic (exact) mass is 354 g/mol. The van der Waals surface area contributed by atoms with Crippen LogP contribution in [0.1, 0.15) is 47.7 Å². The molecule has 2 fully saturated rings. The summed E-state index contributed by atoms with van der Waals surface area (Å²) in [5.41, 5.74) is 2.43. The molecule has 0 unspecified atom stereocenters. The minimum atomic E-state index is -0.771. The Morgan fingerprint density at radius 2 is 1.88 bits per heavy atom. The lowest BCUT2D eigenvalue weighted by atomic mass is 9.96. The van der Waals surface area contributed by atoms with E-state index in [-0.39, 0.29) is 11.8 Å². The molecule has 4 rings (SSSR count). The molecule has 1 saturated heterocycles. The molecule has 1 saturated carbocycles. The molecule has 1 aromatic heterocycles. The number of carbonyl (C=O) groups excluding carboxylic acids is 1. The van der Waals surface area contributed by atoms with E-state index >= 15 is 0 Å². The van der Waals surface area contributed by atoms with Crippen LogP contribution in [0.2, 0.25) is 0 Å². The summed E-state index contributed by atoms with van der Waals surface area (Å²) in [6.07, 6.45) is 3.24. The standard InChI is InChI=1S/C20H22N2O4/c1-26-14-4-5-17-15(10-14)16(11-18(21-17)12-2-3-12)19(23)22-8-6-13(7-9-22)20(24)25/h4-5,10-13H,2-3,6-9H2,1H3,(H,24,25). The SMILES string of the molecule is COc1ccc2nc(C3CC3)cc(C(=O)N3CCC(C(=O)O)CC3)c2c1. The first-order valence-corrected chi connectivity index (χ1v) is 9.07. The second kappa shape index (κ2) is 6.59. The van der Waals surface area contributed by atoms with Crippen LogP contribution in [0.5, 0.6) is 5.75 Å². The number of carbonyl (C=O) groups is 2. The van der Waals surface area contributed by atoms with Crippen molar-refractivity contribution in [3.8, 4) is 5.75 Å². The molecular formula is C20H22N2O4. The van der Waals surface area contributed by atoms with Gasteiger partial charge in [-0.05, 0) is 49.9 Å². The lowest BCUT2D eigenvalue weighted by Crippen LogP contribution is -2.40. The molecule has 2 aromatic rings. The summed E-state index contributed by atoms with van der Waals surface area (Å²) in [7, 11) is 1.60. The van der Waals surface area contributed by atoms with Gasteiger partial charge in [0.05, 0.1) is 24.1 Å². The number of carboxylic acid groups (broad SMARTS) is 1. The molecule has 1 N–H and O–H groups in total. The average molecular weight is 354 g/mol. The molecule has 2 aliphatic rings. The van der Waals surface area contributed by atoms with Gasteiger partial charge in [-0.15, -0.1) is 0 Å². The number of amides is 1. The van der Waals surface area contributed by atoms with E-state index in [1.54, 1.807) is 12.0 Å². The van der Waals surface area contributed by atoms with Crippen molar-refractivity contribution in [1.29, 1.82) is 0 Å². The number of fused-ring (bicyclic) bond motifs is 1. The number of benzene rings is 1. The van der Waals surface area contributed by atoms with Gasteiger partial charge in [0.25, 0.3) is 5.91 Å². The van der Waals surface area contributed by atoms with Crippen LogP contribution in [0.15, 0.2) is 24.3 Å². The molecule has 0 spiro atoms. The predicted molar refractivity (Wildman–Crippen MR) is 96.5 cm³/mol. The van der Waals surface area contributed by atoms with Crippen LogP contribution < -0.4 is 4.74 Å². The molecule has 0 radical (unpaired) electrons. The van der Waals surface area contributed by atoms with Crippen molar-refractivity contribution < 1.29 is 19.4 Å². The zero-order valence-corrected chi connectivity index (χ0v) is 14.8. The minimum absolute atomic E-state index is 0.0450. The van der Waals surface area contributed by atoms with Crippen molar-refractivity contribution in [2.75, 3.05) is 20.2 Å². The number of nitrogens with zero attached hydrogens (tertiary/aromatic N) is 2. The summed E-state index contributed by atoms with van der Waals surface area (Å²) >= 11 is 0. The third-order valence-corrected chi connectivity index (χ3v) is 5.39. The number of ether oxygens (including phenoxy) is 1. The number of carboxylic acids is 1. The summed E-state index contributed by atoms with van der Waals surface area (Å²) in [5.74, 6) is -0.0260. The number of rotatable bonds is 4. The van der Waals surface area contributed by atoms with Crippen molar-refractivity contribution in [1.82, 2.24) is 9.88 Å². The summed E-state index contributed by atoms with van der Waals surface area (Å²) < 4.78 is 5.32. The molecule has 1 aromatic carbocycles. The first-order valence-electron chi connectivity index (χ1n) is 9.07. The van der Waals surface area contributed by atoms with Crippen molar-refractivity contribution in [2.45, 2.75) is 31.6 Å². The van der Waals surface area contributed by atoms with Gasteiger partial charge in [-0.1, -0.05) is 0 Å². The van der Waals surface area contributed by atoms with Crippen LogP contribution in [0.3, 0.4) is 0 Å². The van der Waals surface area contributed by atoms with Crippen molar-refractivity contribution in [3.05, 3.63) is 35.5 Å². The molecule has 6 heteroatoms. The van der Waals surface area contributed by atoms with E-state index in [0.717, 1.165) is 29.4 Å². The Bertz CT molecular complexity index is 867. The first kappa shape index (κ1) is 16.8. The van der Waals surface area contributed by atoms with Gasteiger partial charge < -0.3 is 14.7 Å². The zero-order chi connectivity index (χ0) is 18.3. The molecule has 1 amide bonds. The van der Waals surface area contributed by atoms with Gasteiger partial charge in [-0.2, -0.15) is 0 Å². The summed E-state index contributed by atoms with van der Waals surface area (Å²) in [6, 6.07) is 7.54. The maximum atomic E-state index is 13.2. The molecule has 2 heterocycles. The van der Waals surface area contributed by atoms with E-state index in [9.17, 15) is 9.59 Å². The molecule has 26 heavy (non-hydrogen) atoms. The Kier molecular flexibility index (Phi) is 4.26. The maximum Gasteiger partial charge on any atom is 0.306 e. The molecule has 136 valence electrons. The Morgan fingerprint density at radius 3 is 2.50 bits per heavy atom. The van der Waals surface area contributed by atoms with Crippen LogP contribution in [0.25, 0.3) is 10.9 Å². The van der Waals surface area contributed by atoms with E-state index in [1.807, 2.05) is 24.3 Å². The fourth-order valence-electron chi connectivity index (χ4n) is 3.62. The lowest BCUT2D eigenvalue weighted by Gasteiger charge is -2.30. The number of pyridine rings is 1. The largest absolute Gasteiger partial charge is 0.497 e. The van der Waals surface area contributed by atoms with Gasteiger partial charge in [-0.25, -0.2) is 0 Å². The highest BCUT2D eigenvalue weighted by Gasteiger charge is 2.30. The van der Waals surface area contributed by atoms with Gasteiger partial charge in [0.15, 0.2) is 0 Å². The van der Waals surface area contributed by atoms with Crippen LogP contribution in [0, 0.1) is 5.92 Å². The third-order valence-electron chi connectivity index (χ3n) is 5.39. The quantitative estimate of drug-likeness (QED) is 0.913. The summed E-state index contributed by atoms with van der Waals surface area (Å²) in [5, 5.41) is 9.95. The zero-order valence-electron chi connectivity index (χ0n) is 14.8. The van der Waals surface area contributed by atoms with Crippen LogP contribution >= 0.6 is 0 Å². The van der Waals surface area contributed by atoms with E-state index in [2.05, 4.69) is 0 Å². The van der Waals surface area contributed by atoms with Crippen molar-refractivity contribution >= 4 is 22.8 Å². The Labute approximate surface area is 151 Å². The summed E-state index contributed by atoms with van der Waals surface area (Å²) in [4.78, 5) is 30.8. The highest BCUT2D eigenvalue weighted by molar-refractivity contribution is 6.06. The topological polar surface area (TPSA) is 79.7 Å². The normalized spacial score (nSPS) is 18.1. The molecular weight excluding hydrogens is 332 g/mol. The van der Waals surface area contributed by atoms with E-state index in [0.29, 0.717) is 43.2 Å². The van der Waals surface area contributed by atoms with Crippen molar-refractivity contribution in [2.24, 2.45) is 5.92 Å². The van der Waals surface area contributed by atoms with Gasteiger partial charge in [-0.3, -0.25) is 14.6 Å². The smallest absolute Gasteiger partial charge is 0.306 e. The van der Waals surface area contributed by atoms with E-state index in [4.69, 9.17) is 14.8 Å². The number of hydrogen-bond acceptors (Lipinski definition) is 4. The minimum Gasteiger partial charge on any atom is -0.497 e. The Morgan fingerprint density at radius 1 is 1.15 bits per heavy atom. The van der Waals surface area contributed by atoms with Crippen molar-refractivity contribution in [3.63, 3.8) is 0 Å². The number of hydrogen-bond donors (Lipinski definition) is 1. The molecule has 0 bridgehead atoms. The molecule has 6 nitrogen and oxygen atoms in total. The maximum absolute atomic E-state index is 13.2. The molecule has 0 atom stereocenters. The van der Waals surface area contributed by atoms with Crippen LogP contribution in [-0.2, 0) is 4.79 Å². The predicted octanol–water partition coefficient (Wildman–Crippen LogP) is 3.06. The average Bonchev–Trinajstić information content (AvgIpc) is 3.51. The van der Waals surface area contributed by atoms with Crippen LogP contribution in [0.4, 0.5) is 0 Å². The number of aromatic nitrogens is 1. The van der Waals surface area contributed by atoms with E-state index < -0.39 is 5.97 Å². The van der Waals surface area contributed by atoms with E-state index in [1.165, 1.54) is 0 Å². The second-order valence-corrected chi connectivity index (χ2v) is 7.16. The number of likely N-dealkylation sites (tertiary alicyclic amines) is 1. The molecule has 1 aliphatic heterocycles. The second-order valence-electron chi connectivity index (χ2n) is 7.16. The highest BCUT2D eigenvalue weighted by Crippen LogP contribution is 2.40. The fourth-order valence-corrected chi connectivity index (χ4v) is 3.62. The first-order chi connectivity index (χ1) is 12.6. The number of methoxy groups -OCH3 is 1. The highest BCUT2D eigenvalue weighted by atomic mass is 16.5.